The van der Waals surface area contributed by atoms with E-state index in [9.17, 15) is 9.59 Å². The molecule has 106 valence electrons. The molecule has 0 unspecified atom stereocenters. The van der Waals surface area contributed by atoms with E-state index in [0.29, 0.717) is 12.8 Å². The van der Waals surface area contributed by atoms with Gasteiger partial charge >= 0.3 is 0 Å². The third-order valence-electron chi connectivity index (χ3n) is 3.26. The minimum absolute atomic E-state index is 0.0924. The second-order valence-corrected chi connectivity index (χ2v) is 6.21. The van der Waals surface area contributed by atoms with Crippen molar-refractivity contribution in [1.82, 2.24) is 10.6 Å². The van der Waals surface area contributed by atoms with Crippen LogP contribution in [0, 0.1) is 16.7 Å². The second kappa shape index (κ2) is 6.05. The first-order valence-electron chi connectivity index (χ1n) is 6.80. The summed E-state index contributed by atoms with van der Waals surface area (Å²) in [6.07, 6.45) is 3.34. The molecule has 0 aliphatic heterocycles. The molecule has 1 aliphatic carbocycles. The van der Waals surface area contributed by atoms with Crippen molar-refractivity contribution in [2.24, 2.45) is 5.41 Å². The van der Waals surface area contributed by atoms with Crippen LogP contribution in [-0.2, 0) is 9.59 Å². The molecule has 5 heteroatoms. The largest absolute Gasteiger partial charge is 0.354 e. The van der Waals surface area contributed by atoms with Crippen molar-refractivity contribution in [2.45, 2.75) is 58.4 Å². The summed E-state index contributed by atoms with van der Waals surface area (Å²) in [4.78, 5) is 23.6. The van der Waals surface area contributed by atoms with Gasteiger partial charge in [-0.25, -0.2) is 0 Å². The number of nitriles is 1. The molecule has 5 nitrogen and oxygen atoms in total. The molecule has 2 amide bonds. The molecule has 2 N–H and O–H groups in total. The van der Waals surface area contributed by atoms with E-state index < -0.39 is 5.41 Å². The molecule has 0 heterocycles. The lowest BCUT2D eigenvalue weighted by atomic mass is 9.87. The third kappa shape index (κ3) is 4.55. The number of rotatable bonds is 4. The number of nitrogens with one attached hydrogen (secondary N) is 2. The van der Waals surface area contributed by atoms with Crippen LogP contribution in [0.5, 0.6) is 0 Å². The highest BCUT2D eigenvalue weighted by Crippen LogP contribution is 2.37. The van der Waals surface area contributed by atoms with Gasteiger partial charge in [-0.15, -0.1) is 0 Å². The lowest BCUT2D eigenvalue weighted by Crippen LogP contribution is -2.43. The molecule has 1 rings (SSSR count). The lowest BCUT2D eigenvalue weighted by molar-refractivity contribution is -0.128. The normalized spacial score (nSPS) is 17.6. The summed E-state index contributed by atoms with van der Waals surface area (Å²) < 4.78 is 0. The Bertz CT molecular complexity index is 384. The SMILES string of the molecule is CC(C)(C)NC(=O)CCNC(=O)C1(C#N)CCCC1. The van der Waals surface area contributed by atoms with Crippen molar-refractivity contribution < 1.29 is 9.59 Å². The molecule has 0 saturated heterocycles. The van der Waals surface area contributed by atoms with E-state index in [-0.39, 0.29) is 30.3 Å². The van der Waals surface area contributed by atoms with E-state index in [1.165, 1.54) is 0 Å². The first-order valence-corrected chi connectivity index (χ1v) is 6.80. The van der Waals surface area contributed by atoms with Crippen molar-refractivity contribution >= 4 is 11.8 Å². The Kier molecular flexibility index (Phi) is 4.93. The van der Waals surface area contributed by atoms with Crippen LogP contribution in [0.25, 0.3) is 0 Å². The van der Waals surface area contributed by atoms with Crippen molar-refractivity contribution in [2.75, 3.05) is 6.54 Å². The summed E-state index contributed by atoms with van der Waals surface area (Å²) in [6.45, 7) is 6.01. The van der Waals surface area contributed by atoms with Gasteiger partial charge in [0.1, 0.15) is 5.41 Å². The van der Waals surface area contributed by atoms with Crippen LogP contribution in [0.3, 0.4) is 0 Å². The molecule has 0 aromatic carbocycles. The number of carbonyl (C=O) groups excluding carboxylic acids is 2. The molecule has 1 saturated carbocycles. The van der Waals surface area contributed by atoms with Crippen LogP contribution >= 0.6 is 0 Å². The summed E-state index contributed by atoms with van der Waals surface area (Å²) in [7, 11) is 0. The Hall–Kier alpha value is -1.57. The van der Waals surface area contributed by atoms with Crippen LogP contribution in [0.15, 0.2) is 0 Å². The van der Waals surface area contributed by atoms with Gasteiger partial charge in [0.25, 0.3) is 0 Å². The van der Waals surface area contributed by atoms with Gasteiger partial charge in [-0.2, -0.15) is 5.26 Å². The fourth-order valence-electron chi connectivity index (χ4n) is 2.31. The van der Waals surface area contributed by atoms with Gasteiger partial charge in [0.2, 0.25) is 11.8 Å². The van der Waals surface area contributed by atoms with Crippen LogP contribution < -0.4 is 10.6 Å². The molecule has 0 radical (unpaired) electrons. The number of hydrogen-bond acceptors (Lipinski definition) is 3. The molecule has 0 spiro atoms. The average molecular weight is 265 g/mol. The first-order chi connectivity index (χ1) is 8.79. The van der Waals surface area contributed by atoms with Crippen molar-refractivity contribution in [3.05, 3.63) is 0 Å². The van der Waals surface area contributed by atoms with Crippen LogP contribution in [0.1, 0.15) is 52.9 Å². The van der Waals surface area contributed by atoms with E-state index in [2.05, 4.69) is 16.7 Å². The van der Waals surface area contributed by atoms with Crippen LogP contribution in [-0.4, -0.2) is 23.9 Å². The molecule has 0 bridgehead atoms. The minimum Gasteiger partial charge on any atom is -0.354 e. The highest BCUT2D eigenvalue weighted by molar-refractivity contribution is 5.86. The lowest BCUT2D eigenvalue weighted by Gasteiger charge is -2.21. The Labute approximate surface area is 114 Å². The molecule has 0 aromatic rings. The van der Waals surface area contributed by atoms with Crippen molar-refractivity contribution in [3.8, 4) is 6.07 Å². The Morgan fingerprint density at radius 3 is 2.32 bits per heavy atom. The number of amides is 2. The van der Waals surface area contributed by atoms with Crippen LogP contribution in [0.2, 0.25) is 0 Å². The summed E-state index contributed by atoms with van der Waals surface area (Å²) >= 11 is 0. The van der Waals surface area contributed by atoms with E-state index in [1.54, 1.807) is 0 Å². The average Bonchev–Trinajstić information content (AvgIpc) is 2.76. The summed E-state index contributed by atoms with van der Waals surface area (Å²) in [5.74, 6) is -0.318. The zero-order chi connectivity index (χ0) is 14.5. The quantitative estimate of drug-likeness (QED) is 0.808. The van der Waals surface area contributed by atoms with E-state index in [1.807, 2.05) is 20.8 Å². The molecular formula is C14H23N3O2. The molecule has 19 heavy (non-hydrogen) atoms. The van der Waals surface area contributed by atoms with Gasteiger partial charge in [0.15, 0.2) is 0 Å². The van der Waals surface area contributed by atoms with E-state index in [4.69, 9.17) is 5.26 Å². The molecule has 0 aromatic heterocycles. The maximum absolute atomic E-state index is 12.0. The Morgan fingerprint density at radius 2 is 1.84 bits per heavy atom. The first kappa shape index (κ1) is 15.5. The van der Waals surface area contributed by atoms with Gasteiger partial charge in [0, 0.05) is 18.5 Å². The topological polar surface area (TPSA) is 82.0 Å². The summed E-state index contributed by atoms with van der Waals surface area (Å²) in [5.41, 5.74) is -1.12. The maximum Gasteiger partial charge on any atom is 0.240 e. The Balaban J connectivity index is 2.35. The fraction of sp³-hybridized carbons (Fsp3) is 0.786. The van der Waals surface area contributed by atoms with Gasteiger partial charge in [-0.3, -0.25) is 9.59 Å². The van der Waals surface area contributed by atoms with E-state index >= 15 is 0 Å². The minimum atomic E-state index is -0.861. The monoisotopic (exact) mass is 265 g/mol. The van der Waals surface area contributed by atoms with Crippen molar-refractivity contribution in [1.29, 1.82) is 5.26 Å². The van der Waals surface area contributed by atoms with Gasteiger partial charge in [0.05, 0.1) is 6.07 Å². The fourth-order valence-corrected chi connectivity index (χ4v) is 2.31. The number of hydrogen-bond donors (Lipinski definition) is 2. The summed E-state index contributed by atoms with van der Waals surface area (Å²) in [6, 6.07) is 2.14. The molecule has 1 fully saturated rings. The highest BCUT2D eigenvalue weighted by Gasteiger charge is 2.41. The molecule has 1 aliphatic rings. The van der Waals surface area contributed by atoms with E-state index in [0.717, 1.165) is 12.8 Å². The highest BCUT2D eigenvalue weighted by atomic mass is 16.2. The Morgan fingerprint density at radius 1 is 1.26 bits per heavy atom. The maximum atomic E-state index is 12.0. The molecular weight excluding hydrogens is 242 g/mol. The predicted molar refractivity (Wildman–Crippen MR) is 72.0 cm³/mol. The number of carbonyl (C=O) groups is 2. The van der Waals surface area contributed by atoms with Gasteiger partial charge < -0.3 is 10.6 Å². The predicted octanol–water partition coefficient (Wildman–Crippen LogP) is 1.49. The van der Waals surface area contributed by atoms with Crippen molar-refractivity contribution in [3.63, 3.8) is 0 Å². The van der Waals surface area contributed by atoms with Gasteiger partial charge in [-0.1, -0.05) is 12.8 Å². The second-order valence-electron chi connectivity index (χ2n) is 6.21. The smallest absolute Gasteiger partial charge is 0.240 e. The summed E-state index contributed by atoms with van der Waals surface area (Å²) in [5, 5.41) is 14.7. The van der Waals surface area contributed by atoms with Crippen LogP contribution in [0.4, 0.5) is 0 Å². The zero-order valence-corrected chi connectivity index (χ0v) is 12.0. The standard InChI is InChI=1S/C14H23N3O2/c1-13(2,3)17-11(18)6-9-16-12(19)14(10-15)7-4-5-8-14/h4-9H2,1-3H3,(H,16,19)(H,17,18). The van der Waals surface area contributed by atoms with Gasteiger partial charge in [-0.05, 0) is 33.6 Å². The molecule has 0 atom stereocenters. The third-order valence-corrected chi connectivity index (χ3v) is 3.26. The zero-order valence-electron chi connectivity index (χ0n) is 12.0. The number of nitrogens with zero attached hydrogens (tertiary/aromatic N) is 1.